The highest BCUT2D eigenvalue weighted by Gasteiger charge is 2.15. The van der Waals surface area contributed by atoms with Crippen molar-refractivity contribution in [1.29, 1.82) is 0 Å². The molecular weight excluding hydrogens is 292 g/mol. The van der Waals surface area contributed by atoms with E-state index in [4.69, 9.17) is 0 Å². The van der Waals surface area contributed by atoms with E-state index in [-0.39, 0.29) is 0 Å². The molecule has 0 aliphatic carbocycles. The summed E-state index contributed by atoms with van der Waals surface area (Å²) in [6, 6.07) is 17.9. The van der Waals surface area contributed by atoms with Gasteiger partial charge < -0.3 is 0 Å². The van der Waals surface area contributed by atoms with E-state index in [1.807, 2.05) is 54.6 Å². The molecule has 4 heteroatoms. The van der Waals surface area contributed by atoms with Crippen LogP contribution in [0.3, 0.4) is 0 Å². The molecule has 106 valence electrons. The second kappa shape index (κ2) is 5.24. The third kappa shape index (κ3) is 2.23. The van der Waals surface area contributed by atoms with Crippen LogP contribution in [-0.2, 0) is 0 Å². The van der Waals surface area contributed by atoms with Gasteiger partial charge in [-0.2, -0.15) is 0 Å². The first-order valence-corrected chi connectivity index (χ1v) is 7.79. The Bertz CT molecular complexity index is 990. The maximum atomic E-state index is 10.0. The highest BCUT2D eigenvalue weighted by molar-refractivity contribution is 7.20. The van der Waals surface area contributed by atoms with Crippen LogP contribution >= 0.6 is 11.3 Å². The molecule has 2 aromatic carbocycles. The summed E-state index contributed by atoms with van der Waals surface area (Å²) in [5, 5.41) is 12.0. The molecule has 1 N–H and O–H groups in total. The number of para-hydroxylation sites is 1. The molecule has 0 saturated carbocycles. The van der Waals surface area contributed by atoms with Crippen molar-refractivity contribution in [3.05, 3.63) is 71.4 Å². The fourth-order valence-corrected chi connectivity index (χ4v) is 3.46. The molecule has 0 bridgehead atoms. The monoisotopic (exact) mass is 305 g/mol. The van der Waals surface area contributed by atoms with E-state index in [9.17, 15) is 5.21 Å². The van der Waals surface area contributed by atoms with E-state index < -0.39 is 0 Å². The summed E-state index contributed by atoms with van der Waals surface area (Å²) >= 11 is 1.63. The molecule has 3 nitrogen and oxygen atoms in total. The van der Waals surface area contributed by atoms with Gasteiger partial charge in [0.1, 0.15) is 5.01 Å². The number of hydrogen-bond donors (Lipinski definition) is 1. The van der Waals surface area contributed by atoms with Gasteiger partial charge in [-0.1, -0.05) is 48.5 Å². The Kier molecular flexibility index (Phi) is 3.09. The van der Waals surface area contributed by atoms with Gasteiger partial charge in [0.05, 0.1) is 10.1 Å². The molecule has 0 atom stereocenters. The summed E-state index contributed by atoms with van der Waals surface area (Å²) in [5.74, 6) is 0. The van der Waals surface area contributed by atoms with E-state index >= 15 is 0 Å². The third-order valence-electron chi connectivity index (χ3n) is 3.53. The van der Waals surface area contributed by atoms with E-state index in [1.54, 1.807) is 17.5 Å². The average molecular weight is 305 g/mol. The van der Waals surface area contributed by atoms with Crippen LogP contribution in [0.4, 0.5) is 0 Å². The van der Waals surface area contributed by atoms with E-state index in [0.717, 1.165) is 36.4 Å². The number of hydrogen-bond acceptors (Lipinski definition) is 3. The Morgan fingerprint density at radius 2 is 1.73 bits per heavy atom. The second-order valence-corrected chi connectivity index (χ2v) is 6.03. The smallest absolute Gasteiger partial charge is 0.266 e. The molecule has 22 heavy (non-hydrogen) atoms. The number of rotatable bonds is 2. The summed E-state index contributed by atoms with van der Waals surface area (Å²) in [6.45, 7) is 0. The van der Waals surface area contributed by atoms with Gasteiger partial charge in [-0.05, 0) is 17.7 Å². The molecule has 2 aromatic heterocycles. The van der Waals surface area contributed by atoms with Crippen LogP contribution < -0.4 is 4.73 Å². The number of fused-ring (bicyclic) bond motifs is 3. The Labute approximate surface area is 131 Å². The van der Waals surface area contributed by atoms with Crippen LogP contribution in [0, 0.1) is 0 Å². The molecule has 0 saturated heterocycles. The van der Waals surface area contributed by atoms with Gasteiger partial charge in [-0.15, -0.1) is 11.3 Å². The summed E-state index contributed by atoms with van der Waals surface area (Å²) in [5.41, 5.74) is 2.74. The van der Waals surface area contributed by atoms with E-state index in [0.29, 0.717) is 0 Å². The number of thiazole rings is 1. The first-order chi connectivity index (χ1) is 10.8. The zero-order valence-electron chi connectivity index (χ0n) is 11.7. The highest BCUT2D eigenvalue weighted by Crippen LogP contribution is 2.28. The summed E-state index contributed by atoms with van der Waals surface area (Å²) in [4.78, 5) is 4.59. The largest absolute Gasteiger partial charge is 0.284 e. The molecule has 2 heterocycles. The van der Waals surface area contributed by atoms with Gasteiger partial charge in [0, 0.05) is 10.8 Å². The first kappa shape index (κ1) is 13.0. The zero-order chi connectivity index (χ0) is 14.9. The maximum absolute atomic E-state index is 10.0. The molecule has 4 aromatic rings. The SMILES string of the molecule is O[n+]1cc2nc(C=Cc3ccccc3)sc2c2ccccc21. The van der Waals surface area contributed by atoms with Crippen molar-refractivity contribution in [3.63, 3.8) is 0 Å². The minimum atomic E-state index is 0.789. The van der Waals surface area contributed by atoms with Crippen molar-refractivity contribution < 1.29 is 9.94 Å². The van der Waals surface area contributed by atoms with Crippen LogP contribution in [0.5, 0.6) is 0 Å². The normalized spacial score (nSPS) is 11.6. The van der Waals surface area contributed by atoms with Crippen LogP contribution in [0.15, 0.2) is 60.8 Å². The van der Waals surface area contributed by atoms with Crippen molar-refractivity contribution in [2.24, 2.45) is 0 Å². The molecule has 4 rings (SSSR count). The number of pyridine rings is 1. The fraction of sp³-hybridized carbons (Fsp3) is 0. The minimum Gasteiger partial charge on any atom is -0.284 e. The summed E-state index contributed by atoms with van der Waals surface area (Å²) < 4.78 is 2.23. The van der Waals surface area contributed by atoms with Gasteiger partial charge in [-0.25, -0.2) is 4.98 Å². The van der Waals surface area contributed by atoms with Crippen molar-refractivity contribution >= 4 is 44.6 Å². The van der Waals surface area contributed by atoms with Gasteiger partial charge >= 0.3 is 0 Å². The third-order valence-corrected chi connectivity index (χ3v) is 4.60. The molecule has 0 radical (unpaired) electrons. The van der Waals surface area contributed by atoms with Crippen molar-refractivity contribution in [2.45, 2.75) is 0 Å². The Morgan fingerprint density at radius 3 is 2.59 bits per heavy atom. The fourth-order valence-electron chi connectivity index (χ4n) is 2.48. The Hall–Kier alpha value is -2.72. The minimum absolute atomic E-state index is 0.789. The van der Waals surface area contributed by atoms with E-state index in [1.165, 1.54) is 0 Å². The van der Waals surface area contributed by atoms with Gasteiger partial charge in [0.15, 0.2) is 5.52 Å². The lowest BCUT2D eigenvalue weighted by molar-refractivity contribution is -0.883. The highest BCUT2D eigenvalue weighted by atomic mass is 32.1. The lowest BCUT2D eigenvalue weighted by atomic mass is 10.2. The second-order valence-electron chi connectivity index (χ2n) is 5.00. The van der Waals surface area contributed by atoms with E-state index in [2.05, 4.69) is 17.1 Å². The van der Waals surface area contributed by atoms with Crippen LogP contribution in [0.25, 0.3) is 33.3 Å². The Balaban J connectivity index is 1.84. The standard InChI is InChI=1S/C18H13N2OS/c21-20-12-15-18(14-8-4-5-9-16(14)20)22-17(19-15)11-10-13-6-2-1-3-7-13/h1-12,21H/q+1. The summed E-state index contributed by atoms with van der Waals surface area (Å²) in [6.07, 6.45) is 5.72. The number of benzene rings is 2. The van der Waals surface area contributed by atoms with Crippen LogP contribution in [0.1, 0.15) is 10.6 Å². The van der Waals surface area contributed by atoms with Crippen molar-refractivity contribution in [2.75, 3.05) is 0 Å². The van der Waals surface area contributed by atoms with Crippen LogP contribution in [0.2, 0.25) is 0 Å². The molecule has 0 fully saturated rings. The summed E-state index contributed by atoms with van der Waals surface area (Å²) in [7, 11) is 0. The maximum Gasteiger partial charge on any atom is 0.266 e. The first-order valence-electron chi connectivity index (χ1n) is 6.97. The van der Waals surface area contributed by atoms with Crippen molar-refractivity contribution in [3.8, 4) is 0 Å². The number of aromatic nitrogens is 2. The van der Waals surface area contributed by atoms with Crippen molar-refractivity contribution in [1.82, 2.24) is 4.98 Å². The molecular formula is C18H13N2OS+. The molecule has 0 spiro atoms. The van der Waals surface area contributed by atoms with Gasteiger partial charge in [-0.3, -0.25) is 5.21 Å². The molecule has 0 unspecified atom stereocenters. The quantitative estimate of drug-likeness (QED) is 0.446. The predicted molar refractivity (Wildman–Crippen MR) is 89.9 cm³/mol. The average Bonchev–Trinajstić information content (AvgIpc) is 2.97. The van der Waals surface area contributed by atoms with Crippen LogP contribution in [-0.4, -0.2) is 10.2 Å². The number of nitrogens with zero attached hydrogens (tertiary/aromatic N) is 2. The molecule has 0 aliphatic rings. The predicted octanol–water partition coefficient (Wildman–Crippen LogP) is 4.14. The molecule has 0 amide bonds. The van der Waals surface area contributed by atoms with Gasteiger partial charge in [0.2, 0.25) is 6.20 Å². The topological polar surface area (TPSA) is 37.0 Å². The lowest BCUT2D eigenvalue weighted by Gasteiger charge is -1.93. The molecule has 0 aliphatic heterocycles. The van der Waals surface area contributed by atoms with Gasteiger partial charge in [0.25, 0.3) is 5.52 Å². The lowest BCUT2D eigenvalue weighted by Crippen LogP contribution is -2.30. The zero-order valence-corrected chi connectivity index (χ0v) is 12.5. The Morgan fingerprint density at radius 1 is 0.955 bits per heavy atom.